The molecule has 0 spiro atoms. The Morgan fingerprint density at radius 1 is 1.16 bits per heavy atom. The highest BCUT2D eigenvalue weighted by Crippen LogP contribution is 2.60. The van der Waals surface area contributed by atoms with Crippen LogP contribution in [0.25, 0.3) is 0 Å². The van der Waals surface area contributed by atoms with Crippen molar-refractivity contribution in [2.75, 3.05) is 30.5 Å². The average Bonchev–Trinajstić information content (AvgIpc) is 2.24. The van der Waals surface area contributed by atoms with E-state index < -0.39 is 30.0 Å². The van der Waals surface area contributed by atoms with Gasteiger partial charge in [-0.3, -0.25) is 0 Å². The monoisotopic (exact) mass is 322 g/mol. The summed E-state index contributed by atoms with van der Waals surface area (Å²) in [5, 5.41) is 0. The number of sulfonamides is 1. The van der Waals surface area contributed by atoms with Crippen LogP contribution in [0.3, 0.4) is 0 Å². The first kappa shape index (κ1) is 19.1. The van der Waals surface area contributed by atoms with Gasteiger partial charge in [0, 0.05) is 7.26 Å². The van der Waals surface area contributed by atoms with Crippen molar-refractivity contribution in [1.82, 2.24) is 4.72 Å². The maximum absolute atomic E-state index is 12.1. The number of halogens is 3. The Labute approximate surface area is 114 Å². The van der Waals surface area contributed by atoms with Crippen molar-refractivity contribution in [3.8, 4) is 0 Å². The molecule has 3 nitrogen and oxygen atoms in total. The fourth-order valence-electron chi connectivity index (χ4n) is 2.09. The molecule has 0 aliphatic carbocycles. The van der Waals surface area contributed by atoms with Crippen LogP contribution in [0.15, 0.2) is 0 Å². The van der Waals surface area contributed by atoms with Gasteiger partial charge in [0.2, 0.25) is 10.0 Å². The fourth-order valence-corrected chi connectivity index (χ4v) is 10.1. The largest absolute Gasteiger partial charge is 0.402 e. The van der Waals surface area contributed by atoms with Gasteiger partial charge >= 0.3 is 6.18 Å². The van der Waals surface area contributed by atoms with Crippen molar-refractivity contribution in [3.05, 3.63) is 0 Å². The Bertz CT molecular complexity index is 365. The standard InChI is InChI=1S/C11H24F3NO2PS/c1-5-18(6-2,7-10(3)4)9-19(16,17)15-8-11(12,13)14/h10,15H,5-9H2,1-4H3/q+1. The minimum absolute atomic E-state index is 0.138. The molecule has 0 bridgehead atoms. The van der Waals surface area contributed by atoms with Gasteiger partial charge < -0.3 is 0 Å². The second-order valence-corrected chi connectivity index (χ2v) is 12.1. The van der Waals surface area contributed by atoms with Crippen LogP contribution in [0.4, 0.5) is 13.2 Å². The van der Waals surface area contributed by atoms with Crippen molar-refractivity contribution in [2.45, 2.75) is 33.9 Å². The van der Waals surface area contributed by atoms with Gasteiger partial charge in [-0.15, -0.1) is 0 Å². The molecule has 0 aromatic rings. The van der Waals surface area contributed by atoms with E-state index in [1.807, 2.05) is 27.7 Å². The molecule has 0 aromatic carbocycles. The molecule has 0 amide bonds. The summed E-state index contributed by atoms with van der Waals surface area (Å²) in [6, 6.07) is 0. The Morgan fingerprint density at radius 2 is 1.63 bits per heavy atom. The van der Waals surface area contributed by atoms with Gasteiger partial charge in [-0.25, -0.2) is 13.1 Å². The molecule has 0 aromatic heterocycles. The summed E-state index contributed by atoms with van der Waals surface area (Å²) in [7, 11) is -5.60. The number of rotatable bonds is 8. The minimum atomic E-state index is -4.51. The van der Waals surface area contributed by atoms with Crippen LogP contribution in [0.5, 0.6) is 0 Å². The summed E-state index contributed by atoms with van der Waals surface area (Å²) in [6.07, 6.45) is -2.22. The third-order valence-corrected chi connectivity index (χ3v) is 11.4. The molecule has 0 unspecified atom stereocenters. The predicted molar refractivity (Wildman–Crippen MR) is 75.6 cm³/mol. The third-order valence-electron chi connectivity index (χ3n) is 3.03. The van der Waals surface area contributed by atoms with Crippen LogP contribution in [-0.4, -0.2) is 45.1 Å². The van der Waals surface area contributed by atoms with Gasteiger partial charge in [-0.05, 0) is 19.8 Å². The summed E-state index contributed by atoms with van der Waals surface area (Å²) in [5.41, 5.74) is -0.138. The summed E-state index contributed by atoms with van der Waals surface area (Å²) in [6.45, 7) is 6.40. The molecule has 0 fully saturated rings. The molecular formula is C11H24F3NO2PS+. The van der Waals surface area contributed by atoms with Crippen molar-refractivity contribution in [1.29, 1.82) is 0 Å². The lowest BCUT2D eigenvalue weighted by Gasteiger charge is -2.26. The molecule has 8 heteroatoms. The summed E-state index contributed by atoms with van der Waals surface area (Å²) >= 11 is 0. The molecule has 116 valence electrons. The molecule has 0 aliphatic heterocycles. The lowest BCUT2D eigenvalue weighted by atomic mass is 10.3. The van der Waals surface area contributed by atoms with Crippen molar-refractivity contribution >= 4 is 17.3 Å². The number of alkyl halides is 3. The number of nitrogens with one attached hydrogen (secondary N) is 1. The Hall–Kier alpha value is 0.130. The minimum Gasteiger partial charge on any atom is -0.209 e. The van der Waals surface area contributed by atoms with Crippen LogP contribution in [-0.2, 0) is 10.0 Å². The molecule has 0 heterocycles. The topological polar surface area (TPSA) is 46.2 Å². The quantitative estimate of drug-likeness (QED) is 0.698. The van der Waals surface area contributed by atoms with Gasteiger partial charge in [0.05, 0.1) is 18.5 Å². The summed E-state index contributed by atoms with van der Waals surface area (Å²) in [5.74, 6) is 0.353. The van der Waals surface area contributed by atoms with Gasteiger partial charge in [0.25, 0.3) is 0 Å². The lowest BCUT2D eigenvalue weighted by molar-refractivity contribution is -0.121. The molecule has 1 N–H and O–H groups in total. The van der Waals surface area contributed by atoms with Crippen molar-refractivity contribution in [2.24, 2.45) is 5.92 Å². The highest BCUT2D eigenvalue weighted by atomic mass is 32.2. The molecular weight excluding hydrogens is 298 g/mol. The first-order chi connectivity index (χ1) is 8.45. The van der Waals surface area contributed by atoms with E-state index in [4.69, 9.17) is 0 Å². The van der Waals surface area contributed by atoms with E-state index in [9.17, 15) is 21.6 Å². The fraction of sp³-hybridized carbons (Fsp3) is 1.00. The molecule has 0 aliphatic rings. The van der Waals surface area contributed by atoms with Gasteiger partial charge in [0.1, 0.15) is 6.54 Å². The zero-order valence-electron chi connectivity index (χ0n) is 11.9. The van der Waals surface area contributed by atoms with E-state index in [1.165, 1.54) is 0 Å². The zero-order chi connectivity index (χ0) is 15.3. The van der Waals surface area contributed by atoms with E-state index in [0.29, 0.717) is 5.92 Å². The van der Waals surface area contributed by atoms with Crippen LogP contribution in [0.2, 0.25) is 0 Å². The second-order valence-electron chi connectivity index (χ2n) is 5.23. The first-order valence-corrected chi connectivity index (χ1v) is 10.5. The number of hydrogen-bond donors (Lipinski definition) is 1. The maximum atomic E-state index is 12.1. The average molecular weight is 322 g/mol. The Kier molecular flexibility index (Phi) is 7.28. The zero-order valence-corrected chi connectivity index (χ0v) is 13.6. The van der Waals surface area contributed by atoms with Gasteiger partial charge in [0.15, 0.2) is 5.49 Å². The highest BCUT2D eigenvalue weighted by Gasteiger charge is 2.40. The lowest BCUT2D eigenvalue weighted by Crippen LogP contribution is -2.36. The third kappa shape index (κ3) is 8.10. The predicted octanol–water partition coefficient (Wildman–Crippen LogP) is 3.14. The van der Waals surface area contributed by atoms with Crippen molar-refractivity contribution < 1.29 is 21.6 Å². The molecule has 0 saturated carbocycles. The van der Waals surface area contributed by atoms with E-state index in [1.54, 1.807) is 4.72 Å². The SMILES string of the molecule is CC[P+](CC)(CC(C)C)CS(=O)(=O)NCC(F)(F)F. The molecule has 19 heavy (non-hydrogen) atoms. The van der Waals surface area contributed by atoms with Crippen molar-refractivity contribution in [3.63, 3.8) is 0 Å². The smallest absolute Gasteiger partial charge is 0.209 e. The van der Waals surface area contributed by atoms with E-state index in [0.717, 1.165) is 18.5 Å². The highest BCUT2D eigenvalue weighted by molar-refractivity contribution is 8.00. The second kappa shape index (κ2) is 7.23. The summed E-state index contributed by atoms with van der Waals surface area (Å²) in [4.78, 5) is 0. The molecule has 0 rings (SSSR count). The summed E-state index contributed by atoms with van der Waals surface area (Å²) < 4.78 is 61.5. The maximum Gasteiger partial charge on any atom is 0.402 e. The van der Waals surface area contributed by atoms with E-state index in [2.05, 4.69) is 0 Å². The van der Waals surface area contributed by atoms with Gasteiger partial charge in [-0.2, -0.15) is 13.2 Å². The molecule has 0 radical (unpaired) electrons. The van der Waals surface area contributed by atoms with Crippen LogP contribution in [0.1, 0.15) is 27.7 Å². The van der Waals surface area contributed by atoms with Crippen LogP contribution in [0, 0.1) is 5.92 Å². The first-order valence-electron chi connectivity index (χ1n) is 6.34. The van der Waals surface area contributed by atoms with Crippen LogP contribution >= 0.6 is 7.26 Å². The van der Waals surface area contributed by atoms with E-state index >= 15 is 0 Å². The molecule has 0 saturated heterocycles. The Morgan fingerprint density at radius 3 is 1.95 bits per heavy atom. The van der Waals surface area contributed by atoms with E-state index in [-0.39, 0.29) is 5.49 Å². The number of hydrogen-bond acceptors (Lipinski definition) is 2. The Balaban J connectivity index is 4.83. The van der Waals surface area contributed by atoms with Crippen LogP contribution < -0.4 is 4.72 Å². The molecule has 0 atom stereocenters. The normalized spacial score (nSPS) is 14.1. The van der Waals surface area contributed by atoms with Gasteiger partial charge in [-0.1, -0.05) is 13.8 Å².